The monoisotopic (exact) mass is 419 g/mol. The Labute approximate surface area is 184 Å². The number of likely N-dealkylation sites (N-methyl/N-ethyl adjacent to an activating group) is 1. The molecule has 1 N–H and O–H groups in total. The molecule has 0 radical (unpaired) electrons. The SMILES string of the molecule is Cc1cc([C@@H]2[C@@H](c3ccccn3)NC(=S)N2CCN(C)C)c(C)n1-c1ccccc1. The lowest BCUT2D eigenvalue weighted by Crippen LogP contribution is -2.35. The Balaban J connectivity index is 1.80. The van der Waals surface area contributed by atoms with Crippen molar-refractivity contribution >= 4 is 17.3 Å². The smallest absolute Gasteiger partial charge is 0.170 e. The Kier molecular flexibility index (Phi) is 5.88. The summed E-state index contributed by atoms with van der Waals surface area (Å²) in [5, 5.41) is 4.35. The highest BCUT2D eigenvalue weighted by Crippen LogP contribution is 2.41. The number of nitrogens with zero attached hydrogens (tertiary/aromatic N) is 4. The van der Waals surface area contributed by atoms with Gasteiger partial charge in [-0.2, -0.15) is 0 Å². The third-order valence-corrected chi connectivity index (χ3v) is 6.14. The topological polar surface area (TPSA) is 36.3 Å². The molecule has 0 aliphatic carbocycles. The third kappa shape index (κ3) is 3.85. The van der Waals surface area contributed by atoms with Crippen molar-refractivity contribution in [3.8, 4) is 5.69 Å². The summed E-state index contributed by atoms with van der Waals surface area (Å²) in [6.07, 6.45) is 1.85. The van der Waals surface area contributed by atoms with Gasteiger partial charge in [0.05, 0.1) is 17.8 Å². The van der Waals surface area contributed by atoms with E-state index in [4.69, 9.17) is 12.2 Å². The van der Waals surface area contributed by atoms with Gasteiger partial charge in [-0.1, -0.05) is 24.3 Å². The first-order valence-corrected chi connectivity index (χ1v) is 10.7. The normalized spacial score (nSPS) is 18.8. The van der Waals surface area contributed by atoms with Gasteiger partial charge in [0.2, 0.25) is 0 Å². The first kappa shape index (κ1) is 20.6. The molecule has 3 aromatic rings. The second kappa shape index (κ2) is 8.58. The van der Waals surface area contributed by atoms with Crippen LogP contribution in [-0.4, -0.2) is 51.6 Å². The fraction of sp³-hybridized carbons (Fsp3) is 0.333. The number of pyridine rings is 1. The average molecular weight is 420 g/mol. The van der Waals surface area contributed by atoms with Crippen molar-refractivity contribution in [2.45, 2.75) is 25.9 Å². The van der Waals surface area contributed by atoms with Crippen LogP contribution < -0.4 is 5.32 Å². The zero-order chi connectivity index (χ0) is 21.3. The second-order valence-corrected chi connectivity index (χ2v) is 8.51. The van der Waals surface area contributed by atoms with Crippen molar-refractivity contribution < 1.29 is 0 Å². The molecule has 2 aromatic heterocycles. The van der Waals surface area contributed by atoms with Gasteiger partial charge in [-0.3, -0.25) is 4.98 Å². The Hall–Kier alpha value is -2.70. The highest BCUT2D eigenvalue weighted by Gasteiger charge is 2.41. The summed E-state index contributed by atoms with van der Waals surface area (Å²) in [6, 6.07) is 19.0. The van der Waals surface area contributed by atoms with Crippen LogP contribution in [0.4, 0.5) is 0 Å². The molecule has 1 aromatic carbocycles. The summed E-state index contributed by atoms with van der Waals surface area (Å²) in [7, 11) is 4.19. The maximum atomic E-state index is 5.78. The lowest BCUT2D eigenvalue weighted by atomic mass is 9.97. The van der Waals surface area contributed by atoms with E-state index in [0.717, 1.165) is 23.9 Å². The number of para-hydroxylation sites is 1. The number of hydrogen-bond acceptors (Lipinski definition) is 3. The van der Waals surface area contributed by atoms with Gasteiger partial charge < -0.3 is 19.7 Å². The molecule has 1 aliphatic rings. The predicted molar refractivity (Wildman–Crippen MR) is 126 cm³/mol. The van der Waals surface area contributed by atoms with Crippen LogP contribution in [0.15, 0.2) is 60.8 Å². The van der Waals surface area contributed by atoms with E-state index in [1.165, 1.54) is 22.6 Å². The van der Waals surface area contributed by atoms with Gasteiger partial charge in [-0.05, 0) is 76.1 Å². The van der Waals surface area contributed by atoms with E-state index in [9.17, 15) is 0 Å². The molecule has 5 nitrogen and oxygen atoms in total. The van der Waals surface area contributed by atoms with Crippen molar-refractivity contribution in [2.75, 3.05) is 27.2 Å². The minimum Gasteiger partial charge on any atom is -0.352 e. The fourth-order valence-electron chi connectivity index (χ4n) is 4.35. The van der Waals surface area contributed by atoms with Gasteiger partial charge in [0.15, 0.2) is 5.11 Å². The van der Waals surface area contributed by atoms with Gasteiger partial charge in [-0.15, -0.1) is 0 Å². The highest BCUT2D eigenvalue weighted by molar-refractivity contribution is 7.80. The minimum atomic E-state index is 0.0191. The number of hydrogen-bond donors (Lipinski definition) is 1. The Morgan fingerprint density at radius 3 is 2.47 bits per heavy atom. The molecule has 4 rings (SSSR count). The Morgan fingerprint density at radius 2 is 1.80 bits per heavy atom. The van der Waals surface area contributed by atoms with Gasteiger partial charge in [0.25, 0.3) is 0 Å². The van der Waals surface area contributed by atoms with E-state index in [0.29, 0.717) is 0 Å². The molecular formula is C24H29N5S. The van der Waals surface area contributed by atoms with Crippen LogP contribution >= 0.6 is 12.2 Å². The van der Waals surface area contributed by atoms with Crippen LogP contribution in [0.2, 0.25) is 0 Å². The zero-order valence-electron chi connectivity index (χ0n) is 18.0. The number of thiocarbonyl (C=S) groups is 1. The molecule has 6 heteroatoms. The summed E-state index contributed by atoms with van der Waals surface area (Å²) in [5.74, 6) is 0. The summed E-state index contributed by atoms with van der Waals surface area (Å²) >= 11 is 5.78. The van der Waals surface area contributed by atoms with Crippen LogP contribution in [0.1, 0.15) is 34.7 Å². The average Bonchev–Trinajstić information content (AvgIpc) is 3.22. The van der Waals surface area contributed by atoms with Gasteiger partial charge in [-0.25, -0.2) is 0 Å². The molecule has 2 atom stereocenters. The van der Waals surface area contributed by atoms with Gasteiger partial charge in [0.1, 0.15) is 0 Å². The molecule has 0 amide bonds. The molecule has 3 heterocycles. The summed E-state index contributed by atoms with van der Waals surface area (Å²) < 4.78 is 2.33. The van der Waals surface area contributed by atoms with Crippen LogP contribution in [0.3, 0.4) is 0 Å². The molecular weight excluding hydrogens is 390 g/mol. The zero-order valence-corrected chi connectivity index (χ0v) is 18.9. The molecule has 156 valence electrons. The molecule has 0 bridgehead atoms. The standard InChI is InChI=1S/C24H29N5S/c1-17-16-20(18(2)29(17)19-10-6-5-7-11-19)23-22(21-12-8-9-13-25-21)26-24(30)28(23)15-14-27(3)4/h5-13,16,22-23H,14-15H2,1-4H3,(H,26,30)/t22-,23-/m1/s1. The molecule has 1 saturated heterocycles. The maximum absolute atomic E-state index is 5.78. The highest BCUT2D eigenvalue weighted by atomic mass is 32.1. The van der Waals surface area contributed by atoms with E-state index >= 15 is 0 Å². The van der Waals surface area contributed by atoms with Crippen molar-refractivity contribution in [2.24, 2.45) is 0 Å². The molecule has 0 unspecified atom stereocenters. The van der Waals surface area contributed by atoms with Crippen LogP contribution in [0, 0.1) is 13.8 Å². The van der Waals surface area contributed by atoms with E-state index in [-0.39, 0.29) is 12.1 Å². The lowest BCUT2D eigenvalue weighted by molar-refractivity contribution is 0.277. The van der Waals surface area contributed by atoms with Crippen LogP contribution in [-0.2, 0) is 0 Å². The van der Waals surface area contributed by atoms with E-state index in [2.05, 4.69) is 95.1 Å². The first-order chi connectivity index (χ1) is 14.5. The lowest BCUT2D eigenvalue weighted by Gasteiger charge is -2.29. The molecule has 30 heavy (non-hydrogen) atoms. The van der Waals surface area contributed by atoms with Crippen LogP contribution in [0.25, 0.3) is 5.69 Å². The van der Waals surface area contributed by atoms with E-state index < -0.39 is 0 Å². The molecule has 1 fully saturated rings. The maximum Gasteiger partial charge on any atom is 0.170 e. The summed E-state index contributed by atoms with van der Waals surface area (Å²) in [4.78, 5) is 9.17. The Morgan fingerprint density at radius 1 is 1.07 bits per heavy atom. The minimum absolute atomic E-state index is 0.0191. The first-order valence-electron chi connectivity index (χ1n) is 10.3. The predicted octanol–water partition coefficient (Wildman–Crippen LogP) is 4.02. The van der Waals surface area contributed by atoms with Crippen molar-refractivity contribution in [1.82, 2.24) is 24.7 Å². The number of aromatic nitrogens is 2. The molecule has 0 spiro atoms. The van der Waals surface area contributed by atoms with Gasteiger partial charge in [0, 0.05) is 36.4 Å². The number of rotatable bonds is 6. The second-order valence-electron chi connectivity index (χ2n) is 8.12. The van der Waals surface area contributed by atoms with Crippen LogP contribution in [0.5, 0.6) is 0 Å². The quantitative estimate of drug-likeness (QED) is 0.611. The number of benzene rings is 1. The largest absolute Gasteiger partial charge is 0.352 e. The molecule has 1 aliphatic heterocycles. The van der Waals surface area contributed by atoms with E-state index in [1.54, 1.807) is 0 Å². The number of nitrogens with one attached hydrogen (secondary N) is 1. The van der Waals surface area contributed by atoms with Crippen molar-refractivity contribution in [3.63, 3.8) is 0 Å². The van der Waals surface area contributed by atoms with E-state index in [1.807, 2.05) is 18.3 Å². The molecule has 0 saturated carbocycles. The van der Waals surface area contributed by atoms with Gasteiger partial charge >= 0.3 is 0 Å². The van der Waals surface area contributed by atoms with Crippen molar-refractivity contribution in [1.29, 1.82) is 0 Å². The summed E-state index contributed by atoms with van der Waals surface area (Å²) in [5.41, 5.74) is 5.95. The summed E-state index contributed by atoms with van der Waals surface area (Å²) in [6.45, 7) is 6.17. The fourth-order valence-corrected chi connectivity index (χ4v) is 4.69. The van der Waals surface area contributed by atoms with Crippen molar-refractivity contribution in [3.05, 3.63) is 83.4 Å². The Bertz CT molecular complexity index is 1010. The number of aryl methyl sites for hydroxylation is 1. The third-order valence-electron chi connectivity index (χ3n) is 5.79.